The lowest BCUT2D eigenvalue weighted by Gasteiger charge is -2.13. The predicted octanol–water partition coefficient (Wildman–Crippen LogP) is 3.60. The van der Waals surface area contributed by atoms with E-state index in [2.05, 4.69) is 41.2 Å². The van der Waals surface area contributed by atoms with Gasteiger partial charge in [0.1, 0.15) is 5.82 Å². The molecule has 1 aliphatic carbocycles. The van der Waals surface area contributed by atoms with Crippen LogP contribution >= 0.6 is 11.8 Å². The Hall–Kier alpha value is -1.68. The SMILES string of the molecule is Cc1cccc(SCc2ncc3c(n2)CCCC3=O)c1. The third-order valence-corrected chi connectivity index (χ3v) is 4.38. The van der Waals surface area contributed by atoms with Gasteiger partial charge in [-0.3, -0.25) is 4.79 Å². The zero-order valence-electron chi connectivity index (χ0n) is 11.4. The van der Waals surface area contributed by atoms with Gasteiger partial charge in [0.15, 0.2) is 5.78 Å². The van der Waals surface area contributed by atoms with E-state index in [9.17, 15) is 4.79 Å². The molecule has 0 saturated carbocycles. The largest absolute Gasteiger partial charge is 0.294 e. The summed E-state index contributed by atoms with van der Waals surface area (Å²) < 4.78 is 0. The van der Waals surface area contributed by atoms with Crippen LogP contribution in [0, 0.1) is 6.92 Å². The zero-order chi connectivity index (χ0) is 13.9. The Kier molecular flexibility index (Phi) is 3.83. The van der Waals surface area contributed by atoms with Gasteiger partial charge in [0.25, 0.3) is 0 Å². The van der Waals surface area contributed by atoms with Crippen molar-refractivity contribution in [3.8, 4) is 0 Å². The number of nitrogens with zero attached hydrogens (tertiary/aromatic N) is 2. The van der Waals surface area contributed by atoms with Crippen LogP contribution in [-0.4, -0.2) is 15.8 Å². The Balaban J connectivity index is 1.74. The second kappa shape index (κ2) is 5.75. The second-order valence-corrected chi connectivity index (χ2v) is 6.08. The highest BCUT2D eigenvalue weighted by molar-refractivity contribution is 7.98. The molecule has 4 heteroatoms. The van der Waals surface area contributed by atoms with Gasteiger partial charge in [-0.05, 0) is 31.9 Å². The molecule has 0 atom stereocenters. The number of fused-ring (bicyclic) bond motifs is 1. The van der Waals surface area contributed by atoms with Gasteiger partial charge in [-0.2, -0.15) is 0 Å². The molecule has 0 saturated heterocycles. The molecule has 1 aromatic carbocycles. The van der Waals surface area contributed by atoms with Crippen molar-refractivity contribution in [3.63, 3.8) is 0 Å². The van der Waals surface area contributed by atoms with Crippen LogP contribution in [0.4, 0.5) is 0 Å². The Morgan fingerprint density at radius 1 is 1.30 bits per heavy atom. The van der Waals surface area contributed by atoms with Gasteiger partial charge in [0.05, 0.1) is 17.0 Å². The Morgan fingerprint density at radius 3 is 3.05 bits per heavy atom. The van der Waals surface area contributed by atoms with Gasteiger partial charge in [-0.15, -0.1) is 11.8 Å². The number of carbonyl (C=O) groups is 1. The van der Waals surface area contributed by atoms with Gasteiger partial charge in [0.2, 0.25) is 0 Å². The minimum absolute atomic E-state index is 0.184. The van der Waals surface area contributed by atoms with Gasteiger partial charge < -0.3 is 0 Å². The minimum atomic E-state index is 0.184. The molecule has 1 aliphatic rings. The summed E-state index contributed by atoms with van der Waals surface area (Å²) in [7, 11) is 0. The van der Waals surface area contributed by atoms with E-state index in [1.165, 1.54) is 10.5 Å². The Labute approximate surface area is 122 Å². The van der Waals surface area contributed by atoms with Crippen LogP contribution in [0.2, 0.25) is 0 Å². The van der Waals surface area contributed by atoms with E-state index in [0.29, 0.717) is 6.42 Å². The number of Topliss-reactive ketones (excluding diaryl/α,β-unsaturated/α-hetero) is 1. The van der Waals surface area contributed by atoms with E-state index in [-0.39, 0.29) is 5.78 Å². The molecule has 20 heavy (non-hydrogen) atoms. The van der Waals surface area contributed by atoms with E-state index in [1.807, 2.05) is 0 Å². The van der Waals surface area contributed by atoms with Crippen molar-refractivity contribution in [2.75, 3.05) is 0 Å². The fourth-order valence-electron chi connectivity index (χ4n) is 2.36. The molecule has 1 aromatic heterocycles. The van der Waals surface area contributed by atoms with E-state index >= 15 is 0 Å². The van der Waals surface area contributed by atoms with Gasteiger partial charge in [-0.25, -0.2) is 9.97 Å². The number of carbonyl (C=O) groups excluding carboxylic acids is 1. The number of rotatable bonds is 3. The number of aryl methyl sites for hydroxylation is 2. The molecule has 0 radical (unpaired) electrons. The highest BCUT2D eigenvalue weighted by Crippen LogP contribution is 2.24. The number of hydrogen-bond acceptors (Lipinski definition) is 4. The molecule has 0 fully saturated rings. The molecule has 102 valence electrons. The molecular formula is C16H16N2OS. The smallest absolute Gasteiger partial charge is 0.166 e. The minimum Gasteiger partial charge on any atom is -0.294 e. The van der Waals surface area contributed by atoms with Crippen LogP contribution < -0.4 is 0 Å². The average Bonchev–Trinajstić information content (AvgIpc) is 2.45. The normalized spacial score (nSPS) is 14.2. The van der Waals surface area contributed by atoms with Crippen LogP contribution in [0.3, 0.4) is 0 Å². The third kappa shape index (κ3) is 2.90. The van der Waals surface area contributed by atoms with Crippen LogP contribution in [0.25, 0.3) is 0 Å². The van der Waals surface area contributed by atoms with Crippen molar-refractivity contribution < 1.29 is 4.79 Å². The van der Waals surface area contributed by atoms with E-state index in [1.54, 1.807) is 18.0 Å². The first kappa shape index (κ1) is 13.3. The molecule has 0 aliphatic heterocycles. The van der Waals surface area contributed by atoms with Crippen molar-refractivity contribution in [3.05, 3.63) is 53.1 Å². The monoisotopic (exact) mass is 284 g/mol. The first-order chi connectivity index (χ1) is 9.72. The van der Waals surface area contributed by atoms with Crippen LogP contribution in [0.5, 0.6) is 0 Å². The fraction of sp³-hybridized carbons (Fsp3) is 0.312. The first-order valence-electron chi connectivity index (χ1n) is 6.80. The number of aromatic nitrogens is 2. The second-order valence-electron chi connectivity index (χ2n) is 5.03. The van der Waals surface area contributed by atoms with E-state index in [0.717, 1.165) is 35.7 Å². The summed E-state index contributed by atoms with van der Waals surface area (Å²) in [5.74, 6) is 1.74. The van der Waals surface area contributed by atoms with Crippen molar-refractivity contribution >= 4 is 17.5 Å². The molecule has 0 unspecified atom stereocenters. The van der Waals surface area contributed by atoms with Crippen LogP contribution in [-0.2, 0) is 12.2 Å². The van der Waals surface area contributed by atoms with Crippen molar-refractivity contribution in [1.29, 1.82) is 0 Å². The molecular weight excluding hydrogens is 268 g/mol. The molecule has 0 amide bonds. The quantitative estimate of drug-likeness (QED) is 0.808. The fourth-order valence-corrected chi connectivity index (χ4v) is 3.23. The predicted molar refractivity (Wildman–Crippen MR) is 80.0 cm³/mol. The summed E-state index contributed by atoms with van der Waals surface area (Å²) in [6.45, 7) is 2.09. The maximum atomic E-state index is 11.7. The van der Waals surface area contributed by atoms with Gasteiger partial charge in [-0.1, -0.05) is 17.7 Å². The third-order valence-electron chi connectivity index (χ3n) is 3.39. The summed E-state index contributed by atoms with van der Waals surface area (Å²) in [6, 6.07) is 8.40. The Bertz CT molecular complexity index is 655. The molecule has 3 nitrogen and oxygen atoms in total. The van der Waals surface area contributed by atoms with E-state index in [4.69, 9.17) is 0 Å². The number of ketones is 1. The summed E-state index contributed by atoms with van der Waals surface area (Å²) >= 11 is 1.73. The summed E-state index contributed by atoms with van der Waals surface area (Å²) in [6.07, 6.45) is 4.14. The van der Waals surface area contributed by atoms with Crippen molar-refractivity contribution in [2.24, 2.45) is 0 Å². The Morgan fingerprint density at radius 2 is 2.20 bits per heavy atom. The number of hydrogen-bond donors (Lipinski definition) is 0. The number of benzene rings is 1. The average molecular weight is 284 g/mol. The zero-order valence-corrected chi connectivity index (χ0v) is 12.2. The molecule has 0 N–H and O–H groups in total. The van der Waals surface area contributed by atoms with E-state index < -0.39 is 0 Å². The maximum absolute atomic E-state index is 11.7. The summed E-state index contributed by atoms with van der Waals surface area (Å²) in [5.41, 5.74) is 2.91. The maximum Gasteiger partial charge on any atom is 0.166 e. The first-order valence-corrected chi connectivity index (χ1v) is 7.78. The van der Waals surface area contributed by atoms with Crippen molar-refractivity contribution in [2.45, 2.75) is 36.8 Å². The van der Waals surface area contributed by atoms with Gasteiger partial charge in [0, 0.05) is 17.5 Å². The van der Waals surface area contributed by atoms with Gasteiger partial charge >= 0.3 is 0 Å². The molecule has 1 heterocycles. The lowest BCUT2D eigenvalue weighted by molar-refractivity contribution is 0.0971. The highest BCUT2D eigenvalue weighted by Gasteiger charge is 2.19. The summed E-state index contributed by atoms with van der Waals surface area (Å²) in [4.78, 5) is 21.8. The lowest BCUT2D eigenvalue weighted by atomic mass is 9.96. The summed E-state index contributed by atoms with van der Waals surface area (Å²) in [5, 5.41) is 0. The van der Waals surface area contributed by atoms with Crippen LogP contribution in [0.15, 0.2) is 35.4 Å². The molecule has 2 aromatic rings. The standard InChI is InChI=1S/C16H16N2OS/c1-11-4-2-5-12(8-11)20-10-16-17-9-13-14(18-16)6-3-7-15(13)19/h2,4-5,8-9H,3,6-7,10H2,1H3. The van der Waals surface area contributed by atoms with Crippen molar-refractivity contribution in [1.82, 2.24) is 9.97 Å². The highest BCUT2D eigenvalue weighted by atomic mass is 32.2. The topological polar surface area (TPSA) is 42.9 Å². The molecule has 0 spiro atoms. The number of thioether (sulfide) groups is 1. The van der Waals surface area contributed by atoms with Crippen LogP contribution in [0.1, 0.15) is 40.3 Å². The molecule has 3 rings (SSSR count). The molecule has 0 bridgehead atoms. The lowest BCUT2D eigenvalue weighted by Crippen LogP contribution is -2.14.